The number of pyridine rings is 1. The van der Waals surface area contributed by atoms with Gasteiger partial charge in [0, 0.05) is 22.8 Å². The minimum absolute atomic E-state index is 0.000909. The van der Waals surface area contributed by atoms with E-state index in [9.17, 15) is 24.3 Å². The van der Waals surface area contributed by atoms with Crippen LogP contribution in [0.25, 0.3) is 0 Å². The Morgan fingerprint density at radius 1 is 1.38 bits per heavy atom. The number of carbonyl (C=O) groups excluding carboxylic acids is 3. The lowest BCUT2D eigenvalue weighted by molar-refractivity contribution is -0.689. The number of rotatable bonds is 10. The van der Waals surface area contributed by atoms with E-state index in [4.69, 9.17) is 16.3 Å². The Balaban J connectivity index is 1.33. The van der Waals surface area contributed by atoms with E-state index in [1.165, 1.54) is 35.9 Å². The normalized spacial score (nSPS) is 18.6. The molecule has 0 bridgehead atoms. The number of oxime groups is 1. The average Bonchev–Trinajstić information content (AvgIpc) is 3.61. The number of primary amides is 1. The Morgan fingerprint density at radius 3 is 2.88 bits per heavy atom. The van der Waals surface area contributed by atoms with Gasteiger partial charge in [-0.1, -0.05) is 5.16 Å². The molecular weight excluding hydrogens is 562 g/mol. The number of hydrogen-bond donors (Lipinski definition) is 5. The molecule has 15 nitrogen and oxygen atoms in total. The number of carboxylic acids is 1. The lowest BCUT2D eigenvalue weighted by Gasteiger charge is -2.49. The maximum atomic E-state index is 13.2. The van der Waals surface area contributed by atoms with Gasteiger partial charge in [-0.25, -0.2) is 19.3 Å². The molecule has 3 aromatic rings. The number of anilines is 1. The minimum atomic E-state index is -1.28. The summed E-state index contributed by atoms with van der Waals surface area (Å²) in [6, 6.07) is 2.16. The van der Waals surface area contributed by atoms with Crippen LogP contribution in [0.3, 0.4) is 0 Å². The molecule has 1 fully saturated rings. The van der Waals surface area contributed by atoms with Crippen molar-refractivity contribution < 1.29 is 33.7 Å². The Morgan fingerprint density at radius 2 is 2.20 bits per heavy atom. The van der Waals surface area contributed by atoms with Gasteiger partial charge in [0.15, 0.2) is 36.4 Å². The van der Waals surface area contributed by atoms with Crippen LogP contribution in [-0.2, 0) is 32.4 Å². The zero-order valence-corrected chi connectivity index (χ0v) is 22.1. The minimum Gasteiger partial charge on any atom is -0.477 e. The van der Waals surface area contributed by atoms with Gasteiger partial charge in [0.25, 0.3) is 17.7 Å². The number of fused-ring (bicyclic) bond motifs is 1. The second-order valence-electron chi connectivity index (χ2n) is 8.61. The van der Waals surface area contributed by atoms with Crippen molar-refractivity contribution in [3.8, 4) is 0 Å². The second kappa shape index (κ2) is 11.1. The van der Waals surface area contributed by atoms with Crippen LogP contribution < -0.4 is 21.4 Å². The van der Waals surface area contributed by atoms with Crippen molar-refractivity contribution in [1.29, 1.82) is 0 Å². The molecule has 2 aliphatic heterocycles. The van der Waals surface area contributed by atoms with Crippen molar-refractivity contribution in [3.05, 3.63) is 70.7 Å². The van der Waals surface area contributed by atoms with Crippen LogP contribution in [0.15, 0.2) is 58.9 Å². The number of carbonyl (C=O) groups is 4. The number of H-pyrrole nitrogens is 1. The highest BCUT2D eigenvalue weighted by atomic mass is 32.2. The van der Waals surface area contributed by atoms with E-state index in [-0.39, 0.29) is 46.7 Å². The number of amides is 3. The van der Waals surface area contributed by atoms with E-state index in [1.54, 1.807) is 22.9 Å². The summed E-state index contributed by atoms with van der Waals surface area (Å²) < 4.78 is 1.62. The fourth-order valence-electron chi connectivity index (χ4n) is 4.13. The third-order valence-electron chi connectivity index (χ3n) is 5.96. The molecule has 0 saturated carbocycles. The molecule has 206 valence electrons. The van der Waals surface area contributed by atoms with Gasteiger partial charge in [-0.05, 0) is 6.07 Å². The fraction of sp³-hybridized carbons (Fsp3) is 0.217. The van der Waals surface area contributed by atoms with E-state index < -0.39 is 35.1 Å². The molecule has 5 rings (SSSR count). The predicted molar refractivity (Wildman–Crippen MR) is 141 cm³/mol. The standard InChI is InChI=1S/C23H21N9O6S2/c24-18(33)11-2-1-3-31(5-11)6-12-8-39-21-16(20(35)32(21)17(12)22(36)37)29-19(34)15(14-9-40-23(25)28-14)30-38-7-13-4-26-10-27-13/h1-5,9-10,16,21H,6-8H2,(H6-,24,25,26,27,28,29,33,34,36,37)/p+1/t16-,21+/m1/s1. The molecule has 3 amide bonds. The molecule has 7 N–H and O–H groups in total. The number of thioether (sulfide) groups is 1. The molecule has 0 spiro atoms. The second-order valence-corrected chi connectivity index (χ2v) is 10.6. The fourth-order valence-corrected chi connectivity index (χ4v) is 6.01. The first-order chi connectivity index (χ1) is 19.2. The van der Waals surface area contributed by atoms with Crippen LogP contribution in [0, 0.1) is 0 Å². The van der Waals surface area contributed by atoms with Crippen molar-refractivity contribution in [2.75, 3.05) is 11.5 Å². The zero-order valence-electron chi connectivity index (χ0n) is 20.5. The van der Waals surface area contributed by atoms with Crippen molar-refractivity contribution in [1.82, 2.24) is 25.2 Å². The largest absolute Gasteiger partial charge is 0.477 e. The van der Waals surface area contributed by atoms with E-state index in [1.807, 2.05) is 0 Å². The number of thiazole rings is 1. The third-order valence-corrected chi connectivity index (χ3v) is 7.98. The number of nitrogens with one attached hydrogen (secondary N) is 2. The number of nitrogens with zero attached hydrogens (tertiary/aromatic N) is 5. The number of nitrogens with two attached hydrogens (primary N) is 2. The molecular formula is C23H22N9O6S2+. The van der Waals surface area contributed by atoms with E-state index >= 15 is 0 Å². The summed E-state index contributed by atoms with van der Waals surface area (Å²) in [6.07, 6.45) is 6.17. The van der Waals surface area contributed by atoms with Crippen molar-refractivity contribution in [2.45, 2.75) is 24.6 Å². The Labute approximate surface area is 233 Å². The van der Waals surface area contributed by atoms with Crippen LogP contribution >= 0.6 is 23.1 Å². The Hall–Kier alpha value is -4.77. The Bertz CT molecular complexity index is 1550. The van der Waals surface area contributed by atoms with E-state index in [0.29, 0.717) is 11.3 Å². The van der Waals surface area contributed by atoms with Gasteiger partial charge < -0.3 is 31.7 Å². The lowest BCUT2D eigenvalue weighted by atomic mass is 10.0. The van der Waals surface area contributed by atoms with Gasteiger partial charge in [0.2, 0.25) is 0 Å². The maximum absolute atomic E-state index is 13.2. The summed E-state index contributed by atoms with van der Waals surface area (Å²) in [5.74, 6) is -2.96. The zero-order chi connectivity index (χ0) is 28.4. The predicted octanol–water partition coefficient (Wildman–Crippen LogP) is -0.805. The van der Waals surface area contributed by atoms with Gasteiger partial charge in [0.05, 0.1) is 18.2 Å². The van der Waals surface area contributed by atoms with Crippen molar-refractivity contribution in [2.24, 2.45) is 10.9 Å². The molecule has 0 aromatic carbocycles. The summed E-state index contributed by atoms with van der Waals surface area (Å²) in [5.41, 5.74) is 12.2. The maximum Gasteiger partial charge on any atom is 0.352 e. The summed E-state index contributed by atoms with van der Waals surface area (Å²) in [6.45, 7) is 0.125. The molecule has 0 radical (unpaired) electrons. The lowest BCUT2D eigenvalue weighted by Crippen LogP contribution is -2.71. The monoisotopic (exact) mass is 584 g/mol. The van der Waals surface area contributed by atoms with Crippen LogP contribution in [0.4, 0.5) is 5.13 Å². The van der Waals surface area contributed by atoms with Gasteiger partial charge in [-0.15, -0.1) is 23.1 Å². The van der Waals surface area contributed by atoms with Gasteiger partial charge >= 0.3 is 5.97 Å². The highest BCUT2D eigenvalue weighted by molar-refractivity contribution is 8.00. The quantitative estimate of drug-likeness (QED) is 0.0863. The first-order valence-corrected chi connectivity index (χ1v) is 13.5. The molecule has 3 aromatic heterocycles. The number of aromatic nitrogens is 4. The number of aromatic amines is 1. The number of aliphatic carboxylic acids is 1. The van der Waals surface area contributed by atoms with Crippen LogP contribution in [-0.4, -0.2) is 71.5 Å². The molecule has 5 heterocycles. The molecule has 40 heavy (non-hydrogen) atoms. The van der Waals surface area contributed by atoms with E-state index in [2.05, 4.69) is 25.4 Å². The number of carboxylic acid groups (broad SMARTS) is 1. The van der Waals surface area contributed by atoms with Crippen molar-refractivity contribution in [3.63, 3.8) is 0 Å². The SMILES string of the molecule is NC(=O)c1ccc[n+](CC2=C(C(=O)O)N3C(=O)[C@@H](NC(=O)C(=NOCc4cnc[nH]4)c4csc(N)n4)[C@@H]3SC2)c1. The highest BCUT2D eigenvalue weighted by Crippen LogP contribution is 2.40. The number of hydrogen-bond acceptors (Lipinski definition) is 11. The van der Waals surface area contributed by atoms with Crippen LogP contribution in [0.5, 0.6) is 0 Å². The third kappa shape index (κ3) is 5.36. The van der Waals surface area contributed by atoms with Gasteiger partial charge in [-0.2, -0.15) is 0 Å². The first-order valence-electron chi connectivity index (χ1n) is 11.6. The first kappa shape index (κ1) is 26.8. The molecule has 0 unspecified atom stereocenters. The van der Waals surface area contributed by atoms with E-state index in [0.717, 1.165) is 16.2 Å². The summed E-state index contributed by atoms with van der Waals surface area (Å²) in [7, 11) is 0. The number of nitrogen functional groups attached to an aromatic ring is 1. The Kier molecular flexibility index (Phi) is 7.47. The average molecular weight is 585 g/mol. The van der Waals surface area contributed by atoms with Gasteiger partial charge in [-0.3, -0.25) is 19.3 Å². The molecule has 17 heteroatoms. The van der Waals surface area contributed by atoms with Crippen molar-refractivity contribution >= 4 is 57.6 Å². The van der Waals surface area contributed by atoms with Crippen LogP contribution in [0.2, 0.25) is 0 Å². The summed E-state index contributed by atoms with van der Waals surface area (Å²) >= 11 is 2.40. The summed E-state index contributed by atoms with van der Waals surface area (Å²) in [4.78, 5) is 67.3. The number of imidazole rings is 1. The molecule has 2 aliphatic rings. The topological polar surface area (TPSA) is 223 Å². The highest BCUT2D eigenvalue weighted by Gasteiger charge is 2.54. The van der Waals surface area contributed by atoms with Crippen LogP contribution in [0.1, 0.15) is 21.7 Å². The number of β-lactam (4-membered cyclic amide) rings is 1. The summed E-state index contributed by atoms with van der Waals surface area (Å²) in [5, 5.41) is 17.6. The smallest absolute Gasteiger partial charge is 0.352 e. The molecule has 1 saturated heterocycles. The van der Waals surface area contributed by atoms with Gasteiger partial charge in [0.1, 0.15) is 28.4 Å². The molecule has 2 atom stereocenters. The molecule has 0 aliphatic carbocycles.